The van der Waals surface area contributed by atoms with Gasteiger partial charge in [0.15, 0.2) is 0 Å². The number of benzene rings is 1. The Balaban J connectivity index is 1.60. The van der Waals surface area contributed by atoms with E-state index in [0.29, 0.717) is 6.42 Å². The molecular formula is C19H23N3OS. The minimum absolute atomic E-state index is 0.205. The van der Waals surface area contributed by atoms with E-state index >= 15 is 0 Å². The zero-order chi connectivity index (χ0) is 16.9. The van der Waals surface area contributed by atoms with Crippen LogP contribution in [-0.2, 0) is 13.6 Å². The third kappa shape index (κ3) is 4.12. The van der Waals surface area contributed by atoms with Gasteiger partial charge in [-0.05, 0) is 30.4 Å². The van der Waals surface area contributed by atoms with E-state index in [2.05, 4.69) is 35.0 Å². The zero-order valence-electron chi connectivity index (χ0n) is 14.0. The fourth-order valence-corrected chi connectivity index (χ4v) is 3.55. The van der Waals surface area contributed by atoms with Crippen molar-refractivity contribution >= 4 is 11.3 Å². The molecule has 5 heteroatoms. The van der Waals surface area contributed by atoms with E-state index in [1.807, 2.05) is 48.1 Å². The second-order valence-electron chi connectivity index (χ2n) is 6.10. The molecule has 3 rings (SSSR count). The van der Waals surface area contributed by atoms with Gasteiger partial charge in [0.2, 0.25) is 0 Å². The minimum atomic E-state index is -0.445. The molecule has 3 aromatic rings. The van der Waals surface area contributed by atoms with Crippen molar-refractivity contribution < 1.29 is 5.11 Å². The van der Waals surface area contributed by atoms with Crippen LogP contribution in [-0.4, -0.2) is 20.9 Å². The molecule has 0 saturated carbocycles. The number of nitrogens with one attached hydrogen (secondary N) is 1. The van der Waals surface area contributed by atoms with Gasteiger partial charge < -0.3 is 10.4 Å². The average molecular weight is 341 g/mol. The van der Waals surface area contributed by atoms with Gasteiger partial charge in [0.25, 0.3) is 0 Å². The highest BCUT2D eigenvalue weighted by Gasteiger charge is 2.15. The maximum absolute atomic E-state index is 10.3. The van der Waals surface area contributed by atoms with Crippen molar-refractivity contribution in [3.8, 4) is 10.6 Å². The molecule has 0 amide bonds. The van der Waals surface area contributed by atoms with Gasteiger partial charge in [0.05, 0.1) is 11.0 Å². The molecule has 24 heavy (non-hydrogen) atoms. The van der Waals surface area contributed by atoms with Crippen molar-refractivity contribution in [3.63, 3.8) is 0 Å². The lowest BCUT2D eigenvalue weighted by Crippen LogP contribution is -2.27. The molecular weight excluding hydrogens is 318 g/mol. The summed E-state index contributed by atoms with van der Waals surface area (Å²) in [4.78, 5) is 1.18. The summed E-state index contributed by atoms with van der Waals surface area (Å²) >= 11 is 1.70. The van der Waals surface area contributed by atoms with Gasteiger partial charge in [0, 0.05) is 31.4 Å². The van der Waals surface area contributed by atoms with Crippen molar-refractivity contribution in [3.05, 3.63) is 65.2 Å². The van der Waals surface area contributed by atoms with E-state index in [9.17, 15) is 5.11 Å². The normalized spacial score (nSPS) is 13.8. The fraction of sp³-hybridized carbons (Fsp3) is 0.316. The number of aliphatic hydroxyl groups is 1. The summed E-state index contributed by atoms with van der Waals surface area (Å²) < 4.78 is 1.86. The maximum atomic E-state index is 10.3. The van der Waals surface area contributed by atoms with E-state index in [-0.39, 0.29) is 6.04 Å². The Hall–Kier alpha value is -1.95. The second-order valence-corrected chi connectivity index (χ2v) is 7.05. The van der Waals surface area contributed by atoms with Crippen molar-refractivity contribution in [2.45, 2.75) is 32.0 Å². The molecule has 0 aliphatic rings. The minimum Gasteiger partial charge on any atom is -0.388 e. The molecule has 0 spiro atoms. The Morgan fingerprint density at radius 2 is 2.00 bits per heavy atom. The molecule has 2 heterocycles. The molecule has 0 aliphatic carbocycles. The predicted octanol–water partition coefficient (Wildman–Crippen LogP) is 3.75. The van der Waals surface area contributed by atoms with Gasteiger partial charge in [0.1, 0.15) is 5.69 Å². The molecule has 0 fully saturated rings. The largest absolute Gasteiger partial charge is 0.388 e. The van der Waals surface area contributed by atoms with Crippen molar-refractivity contribution in [2.24, 2.45) is 7.05 Å². The average Bonchev–Trinajstić information content (AvgIpc) is 3.23. The van der Waals surface area contributed by atoms with E-state index < -0.39 is 6.10 Å². The van der Waals surface area contributed by atoms with Gasteiger partial charge in [-0.2, -0.15) is 5.10 Å². The summed E-state index contributed by atoms with van der Waals surface area (Å²) in [6.07, 6.45) is 2.29. The van der Waals surface area contributed by atoms with Gasteiger partial charge in [-0.3, -0.25) is 4.68 Å². The van der Waals surface area contributed by atoms with Crippen molar-refractivity contribution in [1.29, 1.82) is 0 Å². The lowest BCUT2D eigenvalue weighted by atomic mass is 10.0. The summed E-state index contributed by atoms with van der Waals surface area (Å²) in [5.41, 5.74) is 3.18. The van der Waals surface area contributed by atoms with Crippen LogP contribution in [0, 0.1) is 0 Å². The summed E-state index contributed by atoms with van der Waals surface area (Å²) in [6, 6.07) is 14.2. The monoisotopic (exact) mass is 341 g/mol. The number of hydrogen-bond donors (Lipinski definition) is 2. The Morgan fingerprint density at radius 3 is 2.71 bits per heavy atom. The van der Waals surface area contributed by atoms with Crippen LogP contribution in [0.1, 0.15) is 30.6 Å². The van der Waals surface area contributed by atoms with Crippen LogP contribution in [0.4, 0.5) is 0 Å². The van der Waals surface area contributed by atoms with E-state index in [0.717, 1.165) is 17.8 Å². The Labute approximate surface area is 146 Å². The molecule has 4 nitrogen and oxygen atoms in total. The van der Waals surface area contributed by atoms with Crippen LogP contribution < -0.4 is 5.32 Å². The molecule has 2 N–H and O–H groups in total. The summed E-state index contributed by atoms with van der Waals surface area (Å²) in [6.45, 7) is 2.84. The zero-order valence-corrected chi connectivity index (χ0v) is 14.8. The number of aliphatic hydroxyl groups excluding tert-OH is 1. The van der Waals surface area contributed by atoms with Crippen LogP contribution in [0.5, 0.6) is 0 Å². The molecule has 0 radical (unpaired) electrons. The first kappa shape index (κ1) is 16.9. The molecule has 0 bridgehead atoms. The third-order valence-electron chi connectivity index (χ3n) is 4.06. The Kier molecular flexibility index (Phi) is 5.45. The lowest BCUT2D eigenvalue weighted by Gasteiger charge is -2.18. The van der Waals surface area contributed by atoms with E-state index in [4.69, 9.17) is 0 Å². The van der Waals surface area contributed by atoms with Crippen molar-refractivity contribution in [1.82, 2.24) is 15.1 Å². The molecule has 1 aromatic carbocycles. The van der Waals surface area contributed by atoms with E-state index in [1.54, 1.807) is 11.3 Å². The standard InChI is InChI=1S/C19H23N3OS/c1-14(11-17(23)15-7-4-3-5-8-15)20-12-16-13-22(2)21-19(16)18-9-6-10-24-18/h3-10,13-14,17,20,23H,11-12H2,1-2H3. The van der Waals surface area contributed by atoms with Crippen LogP contribution in [0.15, 0.2) is 54.0 Å². The van der Waals surface area contributed by atoms with Gasteiger partial charge in [-0.25, -0.2) is 0 Å². The summed E-state index contributed by atoms with van der Waals surface area (Å²) in [5, 5.41) is 20.5. The number of rotatable bonds is 7. The number of aryl methyl sites for hydroxylation is 1. The quantitative estimate of drug-likeness (QED) is 0.688. The fourth-order valence-electron chi connectivity index (χ4n) is 2.80. The summed E-state index contributed by atoms with van der Waals surface area (Å²) in [5.74, 6) is 0. The molecule has 2 aromatic heterocycles. The van der Waals surface area contributed by atoms with Crippen molar-refractivity contribution in [2.75, 3.05) is 0 Å². The number of thiophene rings is 1. The first-order chi connectivity index (χ1) is 11.6. The van der Waals surface area contributed by atoms with Crippen LogP contribution in [0.3, 0.4) is 0 Å². The topological polar surface area (TPSA) is 50.1 Å². The first-order valence-corrected chi connectivity index (χ1v) is 9.04. The first-order valence-electron chi connectivity index (χ1n) is 8.16. The molecule has 2 atom stereocenters. The third-order valence-corrected chi connectivity index (χ3v) is 4.94. The SMILES string of the molecule is CC(CC(O)c1ccccc1)NCc1cn(C)nc1-c1cccs1. The van der Waals surface area contributed by atoms with Gasteiger partial charge in [-0.1, -0.05) is 36.4 Å². The second kappa shape index (κ2) is 7.75. The van der Waals surface area contributed by atoms with Crippen LogP contribution >= 0.6 is 11.3 Å². The molecule has 126 valence electrons. The Bertz CT molecular complexity index is 752. The highest BCUT2D eigenvalue weighted by molar-refractivity contribution is 7.13. The number of nitrogens with zero attached hydrogens (tertiary/aromatic N) is 2. The van der Waals surface area contributed by atoms with Crippen LogP contribution in [0.2, 0.25) is 0 Å². The number of hydrogen-bond acceptors (Lipinski definition) is 4. The predicted molar refractivity (Wildman–Crippen MR) is 98.8 cm³/mol. The smallest absolute Gasteiger partial charge is 0.107 e. The maximum Gasteiger partial charge on any atom is 0.107 e. The molecule has 2 unspecified atom stereocenters. The van der Waals surface area contributed by atoms with Gasteiger partial charge >= 0.3 is 0 Å². The van der Waals surface area contributed by atoms with Crippen LogP contribution in [0.25, 0.3) is 10.6 Å². The highest BCUT2D eigenvalue weighted by atomic mass is 32.1. The summed E-state index contributed by atoms with van der Waals surface area (Å²) in [7, 11) is 1.95. The highest BCUT2D eigenvalue weighted by Crippen LogP contribution is 2.26. The number of aromatic nitrogens is 2. The molecule has 0 aliphatic heterocycles. The van der Waals surface area contributed by atoms with E-state index in [1.165, 1.54) is 10.4 Å². The Morgan fingerprint density at radius 1 is 1.21 bits per heavy atom. The van der Waals surface area contributed by atoms with Gasteiger partial charge in [-0.15, -0.1) is 11.3 Å². The lowest BCUT2D eigenvalue weighted by molar-refractivity contribution is 0.154. The molecule has 0 saturated heterocycles.